The van der Waals surface area contributed by atoms with Gasteiger partial charge < -0.3 is 4.79 Å². The lowest BCUT2D eigenvalue weighted by atomic mass is 10.2. The molecular formula is C11H11NO. The van der Waals surface area contributed by atoms with Crippen LogP contribution in [0.4, 0.5) is 0 Å². The van der Waals surface area contributed by atoms with Crippen molar-refractivity contribution in [2.24, 2.45) is 0 Å². The molecule has 1 heterocycles. The summed E-state index contributed by atoms with van der Waals surface area (Å²) < 4.78 is 0. The van der Waals surface area contributed by atoms with E-state index in [1.807, 2.05) is 26.0 Å². The molecule has 66 valence electrons. The molecule has 13 heavy (non-hydrogen) atoms. The molecule has 2 nitrogen and oxygen atoms in total. The van der Waals surface area contributed by atoms with Gasteiger partial charge in [0.15, 0.2) is 0 Å². The molecule has 0 unspecified atom stereocenters. The van der Waals surface area contributed by atoms with E-state index in [0.29, 0.717) is 0 Å². The minimum absolute atomic E-state index is 0.285. The molecule has 1 aromatic rings. The van der Waals surface area contributed by atoms with Gasteiger partial charge in [-0.3, -0.25) is 4.98 Å². The highest BCUT2D eigenvalue weighted by atomic mass is 16.1. The molecule has 0 N–H and O–H groups in total. The Labute approximate surface area is 78.0 Å². The van der Waals surface area contributed by atoms with Gasteiger partial charge >= 0.3 is 0 Å². The summed E-state index contributed by atoms with van der Waals surface area (Å²) in [4.78, 5) is 14.3. The number of aryl methyl sites for hydroxylation is 2. The number of rotatable bonds is 1. The standard InChI is InChI=1S/C11H11NO/c1-9-6-7-11(10(2)12-9)5-3-4-8-13/h6-8H,4H2,1-2H3. The molecule has 0 saturated heterocycles. The van der Waals surface area contributed by atoms with Gasteiger partial charge in [-0.2, -0.15) is 0 Å². The Morgan fingerprint density at radius 3 is 2.85 bits per heavy atom. The van der Waals surface area contributed by atoms with E-state index < -0.39 is 0 Å². The summed E-state index contributed by atoms with van der Waals surface area (Å²) in [6, 6.07) is 3.84. The smallest absolute Gasteiger partial charge is 0.131 e. The fraction of sp³-hybridized carbons (Fsp3) is 0.273. The first kappa shape index (κ1) is 9.47. The molecule has 0 aliphatic heterocycles. The van der Waals surface area contributed by atoms with Crippen molar-refractivity contribution in [3.63, 3.8) is 0 Å². The average molecular weight is 173 g/mol. The van der Waals surface area contributed by atoms with Crippen LogP contribution in [0.15, 0.2) is 12.1 Å². The van der Waals surface area contributed by atoms with Crippen molar-refractivity contribution >= 4 is 6.29 Å². The number of carbonyl (C=O) groups is 1. The molecule has 0 fully saturated rings. The highest BCUT2D eigenvalue weighted by molar-refractivity contribution is 5.55. The third-order valence-corrected chi connectivity index (χ3v) is 1.63. The van der Waals surface area contributed by atoms with E-state index in [9.17, 15) is 4.79 Å². The lowest BCUT2D eigenvalue weighted by Gasteiger charge is -1.97. The second kappa shape index (κ2) is 4.42. The van der Waals surface area contributed by atoms with Gasteiger partial charge in [-0.25, -0.2) is 0 Å². The number of carbonyl (C=O) groups excluding carboxylic acids is 1. The maximum atomic E-state index is 10.0. The van der Waals surface area contributed by atoms with Crippen molar-refractivity contribution in [2.45, 2.75) is 20.3 Å². The second-order valence-electron chi connectivity index (χ2n) is 2.76. The van der Waals surface area contributed by atoms with Crippen LogP contribution in [0.1, 0.15) is 23.4 Å². The maximum absolute atomic E-state index is 10.0. The Bertz CT molecular complexity index is 371. The van der Waals surface area contributed by atoms with Crippen LogP contribution in [0.2, 0.25) is 0 Å². The normalized spacial score (nSPS) is 8.77. The first-order valence-electron chi connectivity index (χ1n) is 4.11. The molecule has 0 aliphatic carbocycles. The molecule has 2 heteroatoms. The first-order valence-corrected chi connectivity index (χ1v) is 4.11. The zero-order valence-electron chi connectivity index (χ0n) is 7.79. The predicted octanol–water partition coefficient (Wildman–Crippen LogP) is 1.64. The van der Waals surface area contributed by atoms with Crippen LogP contribution in [0.5, 0.6) is 0 Å². The van der Waals surface area contributed by atoms with Crippen molar-refractivity contribution < 1.29 is 4.79 Å². The Balaban J connectivity index is 2.91. The van der Waals surface area contributed by atoms with Crippen molar-refractivity contribution in [3.8, 4) is 11.8 Å². The van der Waals surface area contributed by atoms with E-state index in [1.54, 1.807) is 0 Å². The highest BCUT2D eigenvalue weighted by Crippen LogP contribution is 2.04. The molecule has 0 aromatic carbocycles. The minimum Gasteiger partial charge on any atom is -0.302 e. The first-order chi connectivity index (χ1) is 6.24. The minimum atomic E-state index is 0.285. The zero-order valence-corrected chi connectivity index (χ0v) is 7.79. The van der Waals surface area contributed by atoms with Crippen molar-refractivity contribution in [3.05, 3.63) is 29.1 Å². The van der Waals surface area contributed by atoms with Crippen LogP contribution >= 0.6 is 0 Å². The van der Waals surface area contributed by atoms with E-state index in [0.717, 1.165) is 23.2 Å². The zero-order chi connectivity index (χ0) is 9.68. The van der Waals surface area contributed by atoms with E-state index in [2.05, 4.69) is 16.8 Å². The van der Waals surface area contributed by atoms with Gasteiger partial charge in [-0.05, 0) is 26.0 Å². The van der Waals surface area contributed by atoms with Gasteiger partial charge in [0.25, 0.3) is 0 Å². The Kier molecular flexibility index (Phi) is 3.22. The van der Waals surface area contributed by atoms with E-state index >= 15 is 0 Å². The van der Waals surface area contributed by atoms with Crippen molar-refractivity contribution in [1.29, 1.82) is 0 Å². The third-order valence-electron chi connectivity index (χ3n) is 1.63. The van der Waals surface area contributed by atoms with Crippen LogP contribution in [0.25, 0.3) is 0 Å². The summed E-state index contributed by atoms with van der Waals surface area (Å²) in [7, 11) is 0. The van der Waals surface area contributed by atoms with E-state index in [-0.39, 0.29) is 6.42 Å². The SMILES string of the molecule is Cc1ccc(C#CCC=O)c(C)n1. The number of aromatic nitrogens is 1. The quantitative estimate of drug-likeness (QED) is 0.477. The summed E-state index contributed by atoms with van der Waals surface area (Å²) in [5.74, 6) is 5.65. The lowest BCUT2D eigenvalue weighted by molar-refractivity contribution is -0.107. The number of hydrogen-bond acceptors (Lipinski definition) is 2. The van der Waals surface area contributed by atoms with Crippen molar-refractivity contribution in [2.75, 3.05) is 0 Å². The van der Waals surface area contributed by atoms with Gasteiger partial charge in [0.05, 0.1) is 12.1 Å². The van der Waals surface area contributed by atoms with Gasteiger partial charge in [0.2, 0.25) is 0 Å². The van der Waals surface area contributed by atoms with Gasteiger partial charge in [-0.1, -0.05) is 11.8 Å². The van der Waals surface area contributed by atoms with Gasteiger partial charge in [0, 0.05) is 11.3 Å². The summed E-state index contributed by atoms with van der Waals surface area (Å²) in [6.07, 6.45) is 1.08. The molecule has 0 bridgehead atoms. The van der Waals surface area contributed by atoms with Gasteiger partial charge in [0.1, 0.15) is 6.29 Å². The Morgan fingerprint density at radius 2 is 2.23 bits per heavy atom. The van der Waals surface area contributed by atoms with Crippen LogP contribution in [0, 0.1) is 25.7 Å². The molecule has 0 saturated carbocycles. The highest BCUT2D eigenvalue weighted by Gasteiger charge is 1.94. The van der Waals surface area contributed by atoms with Crippen LogP contribution < -0.4 is 0 Å². The number of nitrogens with zero attached hydrogens (tertiary/aromatic N) is 1. The van der Waals surface area contributed by atoms with E-state index in [1.165, 1.54) is 0 Å². The third kappa shape index (κ3) is 2.72. The van der Waals surface area contributed by atoms with Crippen molar-refractivity contribution in [1.82, 2.24) is 4.98 Å². The average Bonchev–Trinajstić information content (AvgIpc) is 2.09. The van der Waals surface area contributed by atoms with E-state index in [4.69, 9.17) is 0 Å². The van der Waals surface area contributed by atoms with Gasteiger partial charge in [-0.15, -0.1) is 0 Å². The predicted molar refractivity (Wildman–Crippen MR) is 51.3 cm³/mol. The maximum Gasteiger partial charge on any atom is 0.131 e. The summed E-state index contributed by atoms with van der Waals surface area (Å²) in [6.45, 7) is 3.85. The molecule has 0 aliphatic rings. The molecule has 0 spiro atoms. The monoisotopic (exact) mass is 173 g/mol. The summed E-state index contributed by atoms with van der Waals surface area (Å²) >= 11 is 0. The fourth-order valence-electron chi connectivity index (χ4n) is 1.01. The molecule has 1 aromatic heterocycles. The number of aldehydes is 1. The molecule has 1 rings (SSSR count). The van der Waals surface area contributed by atoms with Crippen LogP contribution in [-0.2, 0) is 4.79 Å². The molecule has 0 amide bonds. The Morgan fingerprint density at radius 1 is 1.46 bits per heavy atom. The second-order valence-corrected chi connectivity index (χ2v) is 2.76. The van der Waals surface area contributed by atoms with Crippen LogP contribution in [0.3, 0.4) is 0 Å². The summed E-state index contributed by atoms with van der Waals surface area (Å²) in [5, 5.41) is 0. The largest absolute Gasteiger partial charge is 0.302 e. The number of hydrogen-bond donors (Lipinski definition) is 0. The Hall–Kier alpha value is -1.62. The number of pyridine rings is 1. The summed E-state index contributed by atoms with van der Waals surface area (Å²) in [5.41, 5.74) is 2.80. The fourth-order valence-corrected chi connectivity index (χ4v) is 1.01. The molecule has 0 radical (unpaired) electrons. The molecule has 0 atom stereocenters. The van der Waals surface area contributed by atoms with Crippen LogP contribution in [-0.4, -0.2) is 11.3 Å². The lowest BCUT2D eigenvalue weighted by Crippen LogP contribution is -1.89. The molecular weight excluding hydrogens is 162 g/mol. The topological polar surface area (TPSA) is 30.0 Å².